The number of rotatable bonds is 6. The van der Waals surface area contributed by atoms with Gasteiger partial charge in [0.2, 0.25) is 5.91 Å². The molecule has 0 saturated heterocycles. The molecule has 4 nitrogen and oxygen atoms in total. The van der Waals surface area contributed by atoms with Crippen LogP contribution in [0.25, 0.3) is 0 Å². The molecular formula is C18H31Cl2N3O. The van der Waals surface area contributed by atoms with Crippen molar-refractivity contribution >= 4 is 30.7 Å². The molecule has 2 rings (SSSR count). The molecule has 1 fully saturated rings. The maximum atomic E-state index is 12.2. The SMILES string of the molecule is CN(C)Cc1ccccc1CNC(=O)CC1CCCCC1N.Cl.Cl. The van der Waals surface area contributed by atoms with Crippen molar-refractivity contribution in [3.8, 4) is 0 Å². The van der Waals surface area contributed by atoms with Gasteiger partial charge in [-0.2, -0.15) is 0 Å². The first-order valence-electron chi connectivity index (χ1n) is 8.30. The van der Waals surface area contributed by atoms with E-state index in [0.717, 1.165) is 19.4 Å². The number of hydrogen-bond donors (Lipinski definition) is 2. The maximum absolute atomic E-state index is 12.2. The summed E-state index contributed by atoms with van der Waals surface area (Å²) < 4.78 is 0. The molecule has 24 heavy (non-hydrogen) atoms. The highest BCUT2D eigenvalue weighted by atomic mass is 35.5. The Morgan fingerprint density at radius 1 is 1.17 bits per heavy atom. The third-order valence-electron chi connectivity index (χ3n) is 4.50. The van der Waals surface area contributed by atoms with Crippen molar-refractivity contribution in [3.63, 3.8) is 0 Å². The summed E-state index contributed by atoms with van der Waals surface area (Å²) in [4.78, 5) is 14.3. The summed E-state index contributed by atoms with van der Waals surface area (Å²) in [5, 5.41) is 3.07. The monoisotopic (exact) mass is 375 g/mol. The van der Waals surface area contributed by atoms with Gasteiger partial charge in [-0.1, -0.05) is 37.1 Å². The molecular weight excluding hydrogens is 345 g/mol. The predicted octanol–water partition coefficient (Wildman–Crippen LogP) is 3.12. The van der Waals surface area contributed by atoms with Crippen LogP contribution in [0.3, 0.4) is 0 Å². The van der Waals surface area contributed by atoms with Crippen LogP contribution in [0.1, 0.15) is 43.2 Å². The van der Waals surface area contributed by atoms with E-state index in [1.165, 1.54) is 24.0 Å². The fourth-order valence-electron chi connectivity index (χ4n) is 3.22. The summed E-state index contributed by atoms with van der Waals surface area (Å²) in [5.74, 6) is 0.479. The molecule has 1 aliphatic carbocycles. The second kappa shape index (κ2) is 11.7. The van der Waals surface area contributed by atoms with Gasteiger partial charge >= 0.3 is 0 Å². The molecule has 3 N–H and O–H groups in total. The number of nitrogens with zero attached hydrogens (tertiary/aromatic N) is 1. The molecule has 0 spiro atoms. The van der Waals surface area contributed by atoms with Gasteiger partial charge in [0, 0.05) is 25.6 Å². The first-order valence-corrected chi connectivity index (χ1v) is 8.30. The first-order chi connectivity index (χ1) is 10.6. The van der Waals surface area contributed by atoms with Gasteiger partial charge in [-0.05, 0) is 44.0 Å². The Balaban J connectivity index is 0.00000264. The Hall–Kier alpha value is -0.810. The lowest BCUT2D eigenvalue weighted by Gasteiger charge is -2.28. The lowest BCUT2D eigenvalue weighted by atomic mass is 9.83. The van der Waals surface area contributed by atoms with Gasteiger partial charge in [-0.25, -0.2) is 0 Å². The number of nitrogens with one attached hydrogen (secondary N) is 1. The van der Waals surface area contributed by atoms with Crippen LogP contribution in [0.15, 0.2) is 24.3 Å². The van der Waals surface area contributed by atoms with Crippen molar-refractivity contribution in [1.29, 1.82) is 0 Å². The summed E-state index contributed by atoms with van der Waals surface area (Å²) in [6.07, 6.45) is 5.13. The smallest absolute Gasteiger partial charge is 0.220 e. The molecule has 0 aromatic heterocycles. The van der Waals surface area contributed by atoms with Crippen LogP contribution in [0.4, 0.5) is 0 Å². The number of halogens is 2. The van der Waals surface area contributed by atoms with Gasteiger partial charge in [0.15, 0.2) is 0 Å². The Morgan fingerprint density at radius 2 is 1.79 bits per heavy atom. The summed E-state index contributed by atoms with van der Waals surface area (Å²) in [6, 6.07) is 8.48. The van der Waals surface area contributed by atoms with Crippen molar-refractivity contribution in [3.05, 3.63) is 35.4 Å². The normalized spacial score (nSPS) is 20.0. The Labute approximate surface area is 158 Å². The molecule has 0 radical (unpaired) electrons. The fraction of sp³-hybridized carbons (Fsp3) is 0.611. The van der Waals surface area contributed by atoms with E-state index in [1.807, 2.05) is 12.1 Å². The van der Waals surface area contributed by atoms with E-state index in [1.54, 1.807) is 0 Å². The van der Waals surface area contributed by atoms with Gasteiger partial charge in [-0.3, -0.25) is 4.79 Å². The number of carbonyl (C=O) groups is 1. The standard InChI is InChI=1S/C18H29N3O.2ClH/c1-21(2)13-16-9-4-3-8-15(16)12-20-18(22)11-14-7-5-6-10-17(14)19;;/h3-4,8-9,14,17H,5-7,10-13,19H2,1-2H3,(H,20,22);2*1H. The first kappa shape index (κ1) is 23.2. The molecule has 0 bridgehead atoms. The molecule has 1 aromatic rings. The van der Waals surface area contributed by atoms with Crippen LogP contribution in [-0.4, -0.2) is 30.9 Å². The minimum Gasteiger partial charge on any atom is -0.352 e. The number of hydrogen-bond acceptors (Lipinski definition) is 3. The largest absolute Gasteiger partial charge is 0.352 e. The van der Waals surface area contributed by atoms with E-state index < -0.39 is 0 Å². The molecule has 1 amide bonds. The minimum absolute atomic E-state index is 0. The third-order valence-corrected chi connectivity index (χ3v) is 4.50. The molecule has 0 aliphatic heterocycles. The lowest BCUT2D eigenvalue weighted by Crippen LogP contribution is -2.37. The van der Waals surface area contributed by atoms with Crippen molar-refractivity contribution in [1.82, 2.24) is 10.2 Å². The van der Waals surface area contributed by atoms with Crippen molar-refractivity contribution < 1.29 is 4.79 Å². The Morgan fingerprint density at radius 3 is 2.42 bits per heavy atom. The van der Waals surface area contributed by atoms with Crippen molar-refractivity contribution in [2.24, 2.45) is 11.7 Å². The summed E-state index contributed by atoms with van der Waals surface area (Å²) in [5.41, 5.74) is 8.59. The third kappa shape index (κ3) is 7.39. The molecule has 1 aromatic carbocycles. The number of carbonyl (C=O) groups excluding carboxylic acids is 1. The Kier molecular flexibility index (Phi) is 11.3. The van der Waals surface area contributed by atoms with E-state index in [9.17, 15) is 4.79 Å². The quantitative estimate of drug-likeness (QED) is 0.802. The maximum Gasteiger partial charge on any atom is 0.220 e. The highest BCUT2D eigenvalue weighted by Gasteiger charge is 2.24. The molecule has 1 saturated carbocycles. The Bertz CT molecular complexity index is 497. The zero-order chi connectivity index (χ0) is 15.9. The molecule has 1 aliphatic rings. The summed E-state index contributed by atoms with van der Waals surface area (Å²) in [6.45, 7) is 1.49. The van der Waals surface area contributed by atoms with E-state index in [2.05, 4.69) is 36.4 Å². The summed E-state index contributed by atoms with van der Waals surface area (Å²) in [7, 11) is 4.11. The van der Waals surface area contributed by atoms with Gasteiger partial charge in [0.25, 0.3) is 0 Å². The molecule has 6 heteroatoms. The predicted molar refractivity (Wildman–Crippen MR) is 105 cm³/mol. The van der Waals surface area contributed by atoms with E-state index >= 15 is 0 Å². The van der Waals surface area contributed by atoms with E-state index in [4.69, 9.17) is 5.73 Å². The molecule has 138 valence electrons. The van der Waals surface area contributed by atoms with Gasteiger partial charge < -0.3 is 16.0 Å². The second-order valence-corrected chi connectivity index (χ2v) is 6.70. The van der Waals surface area contributed by atoms with Crippen LogP contribution in [0.5, 0.6) is 0 Å². The van der Waals surface area contributed by atoms with Crippen LogP contribution < -0.4 is 11.1 Å². The number of nitrogens with two attached hydrogens (primary N) is 1. The number of amides is 1. The van der Waals surface area contributed by atoms with Gasteiger partial charge in [0.1, 0.15) is 0 Å². The topological polar surface area (TPSA) is 58.4 Å². The van der Waals surface area contributed by atoms with Crippen LogP contribution in [0.2, 0.25) is 0 Å². The second-order valence-electron chi connectivity index (χ2n) is 6.70. The lowest BCUT2D eigenvalue weighted by molar-refractivity contribution is -0.122. The van der Waals surface area contributed by atoms with Crippen molar-refractivity contribution in [2.45, 2.75) is 51.2 Å². The molecule has 0 heterocycles. The summed E-state index contributed by atoms with van der Waals surface area (Å²) >= 11 is 0. The zero-order valence-corrected chi connectivity index (χ0v) is 16.3. The van der Waals surface area contributed by atoms with E-state index in [0.29, 0.717) is 18.9 Å². The fourth-order valence-corrected chi connectivity index (χ4v) is 3.22. The van der Waals surface area contributed by atoms with Crippen molar-refractivity contribution in [2.75, 3.05) is 14.1 Å². The van der Waals surface area contributed by atoms with Crippen LogP contribution in [-0.2, 0) is 17.9 Å². The molecule has 2 atom stereocenters. The average Bonchev–Trinajstić information content (AvgIpc) is 2.48. The number of benzene rings is 1. The van der Waals surface area contributed by atoms with Crippen LogP contribution >= 0.6 is 24.8 Å². The highest BCUT2D eigenvalue weighted by molar-refractivity contribution is 5.85. The average molecular weight is 376 g/mol. The minimum atomic E-state index is 0. The highest BCUT2D eigenvalue weighted by Crippen LogP contribution is 2.25. The zero-order valence-electron chi connectivity index (χ0n) is 14.7. The van der Waals surface area contributed by atoms with Gasteiger partial charge in [-0.15, -0.1) is 24.8 Å². The van der Waals surface area contributed by atoms with Crippen LogP contribution in [0, 0.1) is 5.92 Å². The van der Waals surface area contributed by atoms with Gasteiger partial charge in [0.05, 0.1) is 0 Å². The molecule has 2 unspecified atom stereocenters. The van der Waals surface area contributed by atoms with E-state index in [-0.39, 0.29) is 36.8 Å².